The Labute approximate surface area is 120 Å². The molecule has 2 nitrogen and oxygen atoms in total. The second kappa shape index (κ2) is 5.80. The van der Waals surface area contributed by atoms with Gasteiger partial charge in [-0.15, -0.1) is 11.3 Å². The van der Waals surface area contributed by atoms with E-state index < -0.39 is 0 Å². The normalized spacial score (nSPS) is 10.2. The Hall–Kier alpha value is -0.650. The molecule has 0 aliphatic rings. The highest BCUT2D eigenvalue weighted by Crippen LogP contribution is 2.27. The molecule has 0 radical (unpaired) electrons. The molecule has 1 heterocycles. The average Bonchev–Trinajstić information content (AvgIpc) is 2.73. The maximum atomic E-state index is 10.6. The predicted octanol–water partition coefficient (Wildman–Crippen LogP) is 4.66. The van der Waals surface area contributed by atoms with E-state index in [1.54, 1.807) is 29.5 Å². The molecule has 0 unspecified atom stereocenters. The van der Waals surface area contributed by atoms with Crippen molar-refractivity contribution < 1.29 is 9.53 Å². The molecule has 0 atom stereocenters. The minimum absolute atomic E-state index is 0.523. The van der Waals surface area contributed by atoms with Gasteiger partial charge in [0.1, 0.15) is 18.6 Å². The van der Waals surface area contributed by atoms with Crippen LogP contribution in [0.25, 0.3) is 0 Å². The van der Waals surface area contributed by atoms with Crippen LogP contribution in [-0.4, -0.2) is 6.29 Å². The molecule has 0 N–H and O–H groups in total. The third-order valence-electron chi connectivity index (χ3n) is 2.08. The number of carbonyl (C=O) groups is 1. The van der Waals surface area contributed by atoms with Crippen LogP contribution < -0.4 is 4.74 Å². The van der Waals surface area contributed by atoms with Gasteiger partial charge < -0.3 is 4.74 Å². The van der Waals surface area contributed by atoms with Crippen LogP contribution in [0.4, 0.5) is 0 Å². The van der Waals surface area contributed by atoms with Gasteiger partial charge in [0.15, 0.2) is 0 Å². The number of hydrogen-bond acceptors (Lipinski definition) is 3. The first kappa shape index (κ1) is 12.8. The highest BCUT2D eigenvalue weighted by Gasteiger charge is 2.04. The zero-order valence-electron chi connectivity index (χ0n) is 8.65. The molecule has 1 aromatic heterocycles. The van der Waals surface area contributed by atoms with E-state index in [9.17, 15) is 4.79 Å². The van der Waals surface area contributed by atoms with Gasteiger partial charge in [-0.1, -0.05) is 0 Å². The summed E-state index contributed by atoms with van der Waals surface area (Å²) < 4.78 is 7.52. The van der Waals surface area contributed by atoms with E-state index in [1.165, 1.54) is 0 Å². The molecule has 88 valence electrons. The zero-order valence-corrected chi connectivity index (χ0v) is 12.6. The lowest BCUT2D eigenvalue weighted by molar-refractivity contribution is 0.112. The monoisotopic (exact) mass is 374 g/mol. The first-order valence-electron chi connectivity index (χ1n) is 4.79. The molecule has 0 aliphatic carbocycles. The zero-order chi connectivity index (χ0) is 12.3. The Morgan fingerprint density at radius 1 is 1.29 bits per heavy atom. The van der Waals surface area contributed by atoms with Gasteiger partial charge in [-0.25, -0.2) is 0 Å². The minimum atomic E-state index is 0.523. The van der Waals surface area contributed by atoms with Gasteiger partial charge in [-0.05, 0) is 56.1 Å². The molecule has 0 amide bonds. The first-order chi connectivity index (χ1) is 8.19. The van der Waals surface area contributed by atoms with Crippen molar-refractivity contribution in [2.45, 2.75) is 6.61 Å². The lowest BCUT2D eigenvalue weighted by Gasteiger charge is -2.07. The van der Waals surface area contributed by atoms with Gasteiger partial charge in [0, 0.05) is 20.3 Å². The molecule has 2 aromatic rings. The van der Waals surface area contributed by atoms with Gasteiger partial charge in [-0.2, -0.15) is 0 Å². The number of ether oxygens (including phenoxy) is 1. The van der Waals surface area contributed by atoms with E-state index in [0.717, 1.165) is 25.9 Å². The van der Waals surface area contributed by atoms with Gasteiger partial charge in [0.25, 0.3) is 0 Å². The number of halogens is 2. The Balaban J connectivity index is 2.06. The van der Waals surface area contributed by atoms with E-state index in [0.29, 0.717) is 12.2 Å². The van der Waals surface area contributed by atoms with Crippen LogP contribution in [-0.2, 0) is 6.61 Å². The smallest absolute Gasteiger partial charge is 0.150 e. The van der Waals surface area contributed by atoms with E-state index in [4.69, 9.17) is 4.74 Å². The molecular formula is C12H8Br2O2S. The largest absolute Gasteiger partial charge is 0.487 e. The summed E-state index contributed by atoms with van der Waals surface area (Å²) in [5, 5.41) is 2.02. The van der Waals surface area contributed by atoms with Gasteiger partial charge in [-0.3, -0.25) is 4.79 Å². The molecule has 0 saturated carbocycles. The summed E-state index contributed by atoms with van der Waals surface area (Å²) in [7, 11) is 0. The Morgan fingerprint density at radius 2 is 2.12 bits per heavy atom. The van der Waals surface area contributed by atoms with Crippen LogP contribution in [0.3, 0.4) is 0 Å². The summed E-state index contributed by atoms with van der Waals surface area (Å²) in [6, 6.07) is 7.29. The van der Waals surface area contributed by atoms with Crippen molar-refractivity contribution in [2.24, 2.45) is 0 Å². The maximum absolute atomic E-state index is 10.6. The van der Waals surface area contributed by atoms with Crippen LogP contribution in [0.1, 0.15) is 15.2 Å². The average molecular weight is 376 g/mol. The third-order valence-corrected chi connectivity index (χ3v) is 4.37. The fraction of sp³-hybridized carbons (Fsp3) is 0.0833. The highest BCUT2D eigenvalue weighted by atomic mass is 79.9. The number of rotatable bonds is 4. The minimum Gasteiger partial charge on any atom is -0.487 e. The maximum Gasteiger partial charge on any atom is 0.150 e. The summed E-state index contributed by atoms with van der Waals surface area (Å²) in [5.41, 5.74) is 0.628. The molecule has 0 saturated heterocycles. The van der Waals surface area contributed by atoms with E-state index in [2.05, 4.69) is 31.9 Å². The third kappa shape index (κ3) is 3.40. The molecule has 5 heteroatoms. The van der Waals surface area contributed by atoms with Gasteiger partial charge in [0.2, 0.25) is 0 Å². The lowest BCUT2D eigenvalue weighted by Crippen LogP contribution is -1.94. The molecule has 1 aromatic carbocycles. The predicted molar refractivity (Wildman–Crippen MR) is 75.9 cm³/mol. The Bertz CT molecular complexity index is 537. The number of thiophene rings is 1. The number of benzene rings is 1. The molecule has 0 aliphatic heterocycles. The highest BCUT2D eigenvalue weighted by molar-refractivity contribution is 9.10. The van der Waals surface area contributed by atoms with E-state index in [-0.39, 0.29) is 0 Å². The first-order valence-corrected chi connectivity index (χ1v) is 7.26. The second-order valence-electron chi connectivity index (χ2n) is 3.33. The van der Waals surface area contributed by atoms with Crippen molar-refractivity contribution in [2.75, 3.05) is 0 Å². The summed E-state index contributed by atoms with van der Waals surface area (Å²) >= 11 is 8.41. The summed E-state index contributed by atoms with van der Waals surface area (Å²) in [6.07, 6.45) is 0.810. The van der Waals surface area contributed by atoms with Crippen molar-refractivity contribution in [3.8, 4) is 5.75 Å². The number of carbonyl (C=O) groups excluding carboxylic acids is 1. The van der Waals surface area contributed by atoms with Crippen molar-refractivity contribution in [3.05, 3.63) is 49.0 Å². The fourth-order valence-electron chi connectivity index (χ4n) is 1.29. The number of hydrogen-bond donors (Lipinski definition) is 0. The van der Waals surface area contributed by atoms with E-state index >= 15 is 0 Å². The van der Waals surface area contributed by atoms with Crippen LogP contribution >= 0.6 is 43.2 Å². The van der Waals surface area contributed by atoms with Crippen LogP contribution in [0.2, 0.25) is 0 Å². The van der Waals surface area contributed by atoms with Crippen LogP contribution in [0, 0.1) is 0 Å². The summed E-state index contributed by atoms with van der Waals surface area (Å²) in [4.78, 5) is 11.7. The van der Waals surface area contributed by atoms with Crippen molar-refractivity contribution in [1.29, 1.82) is 0 Å². The molecule has 0 spiro atoms. The fourth-order valence-corrected chi connectivity index (χ4v) is 3.16. The molecule has 0 fully saturated rings. The lowest BCUT2D eigenvalue weighted by atomic mass is 10.2. The van der Waals surface area contributed by atoms with Crippen molar-refractivity contribution >= 4 is 49.5 Å². The molecule has 2 rings (SSSR count). The molecule has 0 bridgehead atoms. The van der Waals surface area contributed by atoms with Crippen LogP contribution in [0.5, 0.6) is 5.75 Å². The van der Waals surface area contributed by atoms with Crippen LogP contribution in [0.15, 0.2) is 38.6 Å². The summed E-state index contributed by atoms with van der Waals surface area (Å²) in [6.45, 7) is 0.523. The standard InChI is InChI=1S/C12H8Br2O2S/c13-9-4-10(17-7-9)6-16-12-2-1-8(5-15)3-11(12)14/h1-5,7H,6H2. The molecule has 17 heavy (non-hydrogen) atoms. The number of aldehydes is 1. The van der Waals surface area contributed by atoms with Gasteiger partial charge >= 0.3 is 0 Å². The SMILES string of the molecule is O=Cc1ccc(OCc2cc(Br)cs2)c(Br)c1. The summed E-state index contributed by atoms with van der Waals surface area (Å²) in [5.74, 6) is 0.736. The Morgan fingerprint density at radius 3 is 2.71 bits per heavy atom. The second-order valence-corrected chi connectivity index (χ2v) is 6.09. The van der Waals surface area contributed by atoms with Gasteiger partial charge in [0.05, 0.1) is 4.47 Å². The topological polar surface area (TPSA) is 26.3 Å². The Kier molecular flexibility index (Phi) is 4.36. The van der Waals surface area contributed by atoms with Crippen molar-refractivity contribution in [1.82, 2.24) is 0 Å². The quantitative estimate of drug-likeness (QED) is 0.726. The van der Waals surface area contributed by atoms with Crippen molar-refractivity contribution in [3.63, 3.8) is 0 Å². The van der Waals surface area contributed by atoms with E-state index in [1.807, 2.05) is 11.4 Å². The molecular weight excluding hydrogens is 368 g/mol.